The first kappa shape index (κ1) is 32.9. The van der Waals surface area contributed by atoms with E-state index in [1.807, 2.05) is 26.0 Å². The standard InChI is InChI=1S/C31H47N9O4/c1-36(2)14-7-15-38(4)27(41)12-18-40-19-13-28(42)39(5)25-21-32-31(35-29(25)40)34-24-9-8-22(20-26(24)44-6)30(43)33-23-10-16-37(3)17-11-23/h8-9,20-21,23H,7,10-19H2,1-6H3,(H,33,43)(H,32,34,35). The Hall–Kier alpha value is -3.97. The molecule has 1 fully saturated rings. The number of fused-ring (bicyclic) bond motifs is 1. The van der Waals surface area contributed by atoms with Crippen molar-refractivity contribution < 1.29 is 19.1 Å². The molecule has 3 heterocycles. The summed E-state index contributed by atoms with van der Waals surface area (Å²) in [4.78, 5) is 57.5. The topological polar surface area (TPSA) is 126 Å². The Morgan fingerprint density at radius 1 is 1.09 bits per heavy atom. The van der Waals surface area contributed by atoms with Gasteiger partial charge in [-0.1, -0.05) is 0 Å². The maximum absolute atomic E-state index is 13.0. The molecule has 0 radical (unpaired) electrons. The van der Waals surface area contributed by atoms with Crippen LogP contribution in [-0.2, 0) is 9.59 Å². The average molecular weight is 610 g/mol. The molecule has 1 saturated heterocycles. The van der Waals surface area contributed by atoms with Gasteiger partial charge in [0.25, 0.3) is 5.91 Å². The molecule has 2 aliphatic rings. The zero-order chi connectivity index (χ0) is 31.8. The first-order valence-corrected chi connectivity index (χ1v) is 15.3. The van der Waals surface area contributed by atoms with Crippen LogP contribution in [0, 0.1) is 0 Å². The van der Waals surface area contributed by atoms with Gasteiger partial charge in [0.15, 0.2) is 5.82 Å². The number of nitrogens with zero attached hydrogens (tertiary/aromatic N) is 7. The molecule has 1 aromatic carbocycles. The molecule has 2 aromatic rings. The van der Waals surface area contributed by atoms with Crippen LogP contribution in [0.2, 0.25) is 0 Å². The van der Waals surface area contributed by atoms with E-state index in [1.54, 1.807) is 48.4 Å². The number of methoxy groups -OCH3 is 1. The summed E-state index contributed by atoms with van der Waals surface area (Å²) < 4.78 is 5.61. The van der Waals surface area contributed by atoms with Gasteiger partial charge in [-0.25, -0.2) is 4.98 Å². The number of hydrogen-bond donors (Lipinski definition) is 2. The summed E-state index contributed by atoms with van der Waals surface area (Å²) in [6.07, 6.45) is 4.97. The smallest absolute Gasteiger partial charge is 0.251 e. The number of likely N-dealkylation sites (tertiary alicyclic amines) is 1. The Labute approximate surface area is 260 Å². The molecule has 0 unspecified atom stereocenters. The van der Waals surface area contributed by atoms with Gasteiger partial charge in [0.1, 0.15) is 11.4 Å². The number of benzene rings is 1. The van der Waals surface area contributed by atoms with Crippen LogP contribution in [0.25, 0.3) is 0 Å². The molecule has 0 bridgehead atoms. The lowest BCUT2D eigenvalue weighted by molar-refractivity contribution is -0.129. The number of aromatic nitrogens is 2. The summed E-state index contributed by atoms with van der Waals surface area (Å²) >= 11 is 0. The second kappa shape index (κ2) is 15.2. The first-order chi connectivity index (χ1) is 21.0. The molecular weight excluding hydrogens is 562 g/mol. The molecule has 0 atom stereocenters. The summed E-state index contributed by atoms with van der Waals surface area (Å²) in [5, 5.41) is 6.35. The normalized spacial score (nSPS) is 16.0. The molecular formula is C31H47N9O4. The molecule has 0 spiro atoms. The molecule has 0 aliphatic carbocycles. The quantitative estimate of drug-likeness (QED) is 0.369. The summed E-state index contributed by atoms with van der Waals surface area (Å²) in [6.45, 7) is 4.39. The molecule has 2 N–H and O–H groups in total. The number of rotatable bonds is 12. The highest BCUT2D eigenvalue weighted by atomic mass is 16.5. The van der Waals surface area contributed by atoms with E-state index in [0.717, 1.165) is 38.9 Å². The second-order valence-corrected chi connectivity index (χ2v) is 11.9. The Morgan fingerprint density at radius 2 is 1.84 bits per heavy atom. The van der Waals surface area contributed by atoms with Crippen LogP contribution in [0.1, 0.15) is 42.5 Å². The monoisotopic (exact) mass is 609 g/mol. The average Bonchev–Trinajstić information content (AvgIpc) is 3.12. The fraction of sp³-hybridized carbons (Fsp3) is 0.581. The van der Waals surface area contributed by atoms with Crippen molar-refractivity contribution in [2.75, 3.05) is 96.7 Å². The fourth-order valence-corrected chi connectivity index (χ4v) is 5.40. The number of amides is 3. The van der Waals surface area contributed by atoms with E-state index in [4.69, 9.17) is 9.72 Å². The summed E-state index contributed by atoms with van der Waals surface area (Å²) in [5.41, 5.74) is 1.69. The van der Waals surface area contributed by atoms with Gasteiger partial charge >= 0.3 is 0 Å². The zero-order valence-electron chi connectivity index (χ0n) is 26.9. The molecule has 3 amide bonds. The van der Waals surface area contributed by atoms with Crippen LogP contribution in [0.4, 0.5) is 23.1 Å². The number of anilines is 4. The van der Waals surface area contributed by atoms with Gasteiger partial charge in [-0.05, 0) is 78.2 Å². The Morgan fingerprint density at radius 3 is 2.55 bits per heavy atom. The number of nitrogens with one attached hydrogen (secondary N) is 2. The van der Waals surface area contributed by atoms with Gasteiger partial charge in [0.05, 0.1) is 19.0 Å². The third kappa shape index (κ3) is 8.56. The molecule has 13 nitrogen and oxygen atoms in total. The number of piperidine rings is 1. The number of ether oxygens (including phenoxy) is 1. The van der Waals surface area contributed by atoms with Crippen molar-refractivity contribution in [3.63, 3.8) is 0 Å². The third-order valence-electron chi connectivity index (χ3n) is 8.26. The molecule has 240 valence electrons. The maximum atomic E-state index is 13.0. The fourth-order valence-electron chi connectivity index (χ4n) is 5.40. The minimum Gasteiger partial charge on any atom is -0.495 e. The van der Waals surface area contributed by atoms with Crippen molar-refractivity contribution in [1.29, 1.82) is 0 Å². The molecule has 13 heteroatoms. The van der Waals surface area contributed by atoms with E-state index in [-0.39, 0.29) is 23.8 Å². The lowest BCUT2D eigenvalue weighted by Gasteiger charge is -2.29. The van der Waals surface area contributed by atoms with Crippen molar-refractivity contribution in [2.24, 2.45) is 0 Å². The third-order valence-corrected chi connectivity index (χ3v) is 8.26. The zero-order valence-corrected chi connectivity index (χ0v) is 26.9. The Bertz CT molecular complexity index is 1310. The van der Waals surface area contributed by atoms with E-state index in [1.165, 1.54) is 0 Å². The molecule has 44 heavy (non-hydrogen) atoms. The van der Waals surface area contributed by atoms with Crippen molar-refractivity contribution in [1.82, 2.24) is 30.0 Å². The molecule has 1 aromatic heterocycles. The van der Waals surface area contributed by atoms with E-state index >= 15 is 0 Å². The van der Waals surface area contributed by atoms with E-state index < -0.39 is 0 Å². The first-order valence-electron chi connectivity index (χ1n) is 15.3. The number of carbonyl (C=O) groups excluding carboxylic acids is 3. The summed E-state index contributed by atoms with van der Waals surface area (Å²) in [5.74, 6) is 1.24. The van der Waals surface area contributed by atoms with Gasteiger partial charge < -0.3 is 39.9 Å². The van der Waals surface area contributed by atoms with Gasteiger partial charge in [-0.3, -0.25) is 14.4 Å². The van der Waals surface area contributed by atoms with Crippen molar-refractivity contribution in [2.45, 2.75) is 38.1 Å². The van der Waals surface area contributed by atoms with Crippen molar-refractivity contribution in [3.05, 3.63) is 30.0 Å². The Balaban J connectivity index is 1.47. The Kier molecular flexibility index (Phi) is 11.3. The molecule has 2 aliphatic heterocycles. The largest absolute Gasteiger partial charge is 0.495 e. The highest BCUT2D eigenvalue weighted by Gasteiger charge is 2.27. The van der Waals surface area contributed by atoms with Crippen LogP contribution >= 0.6 is 0 Å². The van der Waals surface area contributed by atoms with E-state index in [0.29, 0.717) is 66.9 Å². The van der Waals surface area contributed by atoms with E-state index in [9.17, 15) is 14.4 Å². The number of carbonyl (C=O) groups is 3. The van der Waals surface area contributed by atoms with Crippen molar-refractivity contribution >= 4 is 40.9 Å². The second-order valence-electron chi connectivity index (χ2n) is 11.9. The van der Waals surface area contributed by atoms with Gasteiger partial charge in [-0.15, -0.1) is 0 Å². The highest BCUT2D eigenvalue weighted by molar-refractivity contribution is 5.97. The van der Waals surface area contributed by atoms with Crippen molar-refractivity contribution in [3.8, 4) is 5.75 Å². The van der Waals surface area contributed by atoms with E-state index in [2.05, 4.69) is 32.5 Å². The van der Waals surface area contributed by atoms with Crippen LogP contribution < -0.4 is 25.2 Å². The van der Waals surface area contributed by atoms with Gasteiger partial charge in [-0.2, -0.15) is 4.98 Å². The molecule has 0 saturated carbocycles. The van der Waals surface area contributed by atoms with Crippen LogP contribution in [0.5, 0.6) is 5.75 Å². The van der Waals surface area contributed by atoms with Crippen LogP contribution in [0.15, 0.2) is 24.4 Å². The molecule has 4 rings (SSSR count). The van der Waals surface area contributed by atoms with Crippen LogP contribution in [0.3, 0.4) is 0 Å². The minimum atomic E-state index is -0.132. The summed E-state index contributed by atoms with van der Waals surface area (Å²) in [6, 6.07) is 5.38. The van der Waals surface area contributed by atoms with Crippen LogP contribution in [-0.4, -0.2) is 130 Å². The lowest BCUT2D eigenvalue weighted by atomic mass is 10.0. The number of hydrogen-bond acceptors (Lipinski definition) is 10. The lowest BCUT2D eigenvalue weighted by Crippen LogP contribution is -2.43. The van der Waals surface area contributed by atoms with Gasteiger partial charge in [0.2, 0.25) is 17.8 Å². The maximum Gasteiger partial charge on any atom is 0.251 e. The summed E-state index contributed by atoms with van der Waals surface area (Å²) in [7, 11) is 11.2. The predicted octanol–water partition coefficient (Wildman–Crippen LogP) is 2.03. The van der Waals surface area contributed by atoms with Gasteiger partial charge in [0, 0.05) is 58.2 Å². The predicted molar refractivity (Wildman–Crippen MR) is 172 cm³/mol. The SMILES string of the molecule is COc1cc(C(=O)NC2CCN(C)CC2)ccc1Nc1ncc2c(n1)N(CCC(=O)N(C)CCCN(C)C)CCC(=O)N2C. The minimum absolute atomic E-state index is 0.0408. The highest BCUT2D eigenvalue weighted by Crippen LogP contribution is 2.33.